The van der Waals surface area contributed by atoms with Crippen molar-refractivity contribution in [2.24, 2.45) is 0 Å². The Kier molecular flexibility index (Phi) is 7.18. The van der Waals surface area contributed by atoms with Gasteiger partial charge in [-0.2, -0.15) is 0 Å². The first-order chi connectivity index (χ1) is 25.8. The van der Waals surface area contributed by atoms with E-state index in [1.54, 1.807) is 0 Å². The van der Waals surface area contributed by atoms with E-state index in [9.17, 15) is 0 Å². The Bertz CT molecular complexity index is 2790. The molecule has 1 aromatic heterocycles. The second-order valence-electron chi connectivity index (χ2n) is 13.4. The minimum absolute atomic E-state index is 0.883. The summed E-state index contributed by atoms with van der Waals surface area (Å²) in [6.45, 7) is 0. The third-order valence-corrected chi connectivity index (χ3v) is 10.2. The number of fused-ring (bicyclic) bond motifs is 6. The summed E-state index contributed by atoms with van der Waals surface area (Å²) in [5, 5.41) is 6.89. The molecule has 52 heavy (non-hydrogen) atoms. The van der Waals surface area contributed by atoms with Crippen LogP contribution in [0.25, 0.3) is 76.9 Å². The minimum Gasteiger partial charge on any atom is -0.455 e. The van der Waals surface area contributed by atoms with Crippen LogP contribution in [0.1, 0.15) is 0 Å². The van der Waals surface area contributed by atoms with E-state index in [1.165, 1.54) is 38.6 Å². The topological polar surface area (TPSA) is 16.4 Å². The van der Waals surface area contributed by atoms with Gasteiger partial charge in [-0.3, -0.25) is 0 Å². The molecule has 9 aromatic carbocycles. The average molecular weight is 664 g/mol. The summed E-state index contributed by atoms with van der Waals surface area (Å²) < 4.78 is 6.77. The highest BCUT2D eigenvalue weighted by Gasteiger charge is 2.21. The van der Waals surface area contributed by atoms with Gasteiger partial charge in [0, 0.05) is 32.9 Å². The van der Waals surface area contributed by atoms with E-state index in [2.05, 4.69) is 205 Å². The number of furan rings is 1. The molecule has 0 aliphatic carbocycles. The van der Waals surface area contributed by atoms with Gasteiger partial charge in [-0.1, -0.05) is 152 Å². The van der Waals surface area contributed by atoms with Gasteiger partial charge in [0.15, 0.2) is 0 Å². The van der Waals surface area contributed by atoms with Crippen molar-refractivity contribution in [1.29, 1.82) is 0 Å². The molecule has 0 unspecified atom stereocenters. The number of benzene rings is 9. The van der Waals surface area contributed by atoms with Gasteiger partial charge < -0.3 is 9.32 Å². The molecule has 0 fully saturated rings. The number of hydrogen-bond acceptors (Lipinski definition) is 2. The minimum atomic E-state index is 0.883. The Labute approximate surface area is 302 Å². The highest BCUT2D eigenvalue weighted by molar-refractivity contribution is 6.20. The average Bonchev–Trinajstić information content (AvgIpc) is 3.60. The fourth-order valence-electron chi connectivity index (χ4n) is 7.61. The van der Waals surface area contributed by atoms with Crippen LogP contribution in [0.3, 0.4) is 0 Å². The van der Waals surface area contributed by atoms with Gasteiger partial charge in [-0.25, -0.2) is 0 Å². The Morgan fingerprint density at radius 3 is 1.46 bits per heavy atom. The van der Waals surface area contributed by atoms with Crippen LogP contribution in [0.15, 0.2) is 205 Å². The zero-order valence-electron chi connectivity index (χ0n) is 28.4. The maximum atomic E-state index is 6.77. The number of nitrogens with zero attached hydrogens (tertiary/aromatic N) is 1. The highest BCUT2D eigenvalue weighted by Crippen LogP contribution is 2.45. The molecule has 0 saturated carbocycles. The number of rotatable bonds is 6. The SMILES string of the molecule is c1ccc(-c2ccc(N(c3ccc(-c4ccccc4)cc3)c3cc4c5ccc(-c6ccc7ccccc7c6)cc5oc4c4ccccc34)cc2)cc1. The van der Waals surface area contributed by atoms with Gasteiger partial charge in [-0.15, -0.1) is 0 Å². The molecule has 0 spiro atoms. The first-order valence-corrected chi connectivity index (χ1v) is 17.8. The second kappa shape index (κ2) is 12.5. The molecule has 0 aliphatic heterocycles. The highest BCUT2D eigenvalue weighted by atomic mass is 16.3. The molecule has 10 rings (SSSR count). The summed E-state index contributed by atoms with van der Waals surface area (Å²) in [5.41, 5.74) is 12.2. The van der Waals surface area contributed by atoms with Crippen LogP contribution in [0.2, 0.25) is 0 Å². The van der Waals surface area contributed by atoms with Crippen LogP contribution in [0.5, 0.6) is 0 Å². The van der Waals surface area contributed by atoms with Crippen LogP contribution < -0.4 is 4.90 Å². The molecule has 0 bridgehead atoms. The summed E-state index contributed by atoms with van der Waals surface area (Å²) in [5.74, 6) is 0. The molecule has 2 heteroatoms. The number of anilines is 3. The van der Waals surface area contributed by atoms with Crippen LogP contribution in [0, 0.1) is 0 Å². The molecule has 0 saturated heterocycles. The van der Waals surface area contributed by atoms with Gasteiger partial charge in [-0.05, 0) is 92.7 Å². The summed E-state index contributed by atoms with van der Waals surface area (Å²) in [6, 6.07) is 71.6. The molecule has 10 aromatic rings. The van der Waals surface area contributed by atoms with Gasteiger partial charge in [0.05, 0.1) is 5.69 Å². The van der Waals surface area contributed by atoms with E-state index in [4.69, 9.17) is 4.42 Å². The van der Waals surface area contributed by atoms with Crippen molar-refractivity contribution in [3.63, 3.8) is 0 Å². The predicted octanol–water partition coefficient (Wildman–Crippen LogP) is 14.4. The summed E-state index contributed by atoms with van der Waals surface area (Å²) in [4.78, 5) is 2.38. The lowest BCUT2D eigenvalue weighted by atomic mass is 9.98. The predicted molar refractivity (Wildman–Crippen MR) is 220 cm³/mol. The van der Waals surface area contributed by atoms with E-state index in [-0.39, 0.29) is 0 Å². The van der Waals surface area contributed by atoms with Crippen molar-refractivity contribution >= 4 is 60.5 Å². The lowest BCUT2D eigenvalue weighted by molar-refractivity contribution is 0.673. The lowest BCUT2D eigenvalue weighted by Crippen LogP contribution is -2.10. The molecule has 2 nitrogen and oxygen atoms in total. The van der Waals surface area contributed by atoms with E-state index in [1.807, 2.05) is 0 Å². The third kappa shape index (κ3) is 5.21. The summed E-state index contributed by atoms with van der Waals surface area (Å²) >= 11 is 0. The zero-order valence-corrected chi connectivity index (χ0v) is 28.4. The van der Waals surface area contributed by atoms with Crippen molar-refractivity contribution in [3.8, 4) is 33.4 Å². The maximum Gasteiger partial charge on any atom is 0.143 e. The molecule has 0 N–H and O–H groups in total. The van der Waals surface area contributed by atoms with Crippen LogP contribution >= 0.6 is 0 Å². The molecule has 0 aliphatic rings. The standard InChI is InChI=1S/C50H33NO/c1-3-11-34(12-4-1)37-21-26-42(27-22-37)51(43-28-23-38(24-29-43)35-13-5-2-6-14-35)48-33-47-45-30-25-41(40-20-19-36-15-7-8-16-39(36)31-40)32-49(45)52-50(47)46-18-10-9-17-44(46)48/h1-33H. The van der Waals surface area contributed by atoms with Gasteiger partial charge in [0.1, 0.15) is 11.2 Å². The molecular weight excluding hydrogens is 631 g/mol. The monoisotopic (exact) mass is 663 g/mol. The molecule has 244 valence electrons. The van der Waals surface area contributed by atoms with Gasteiger partial charge in [0.2, 0.25) is 0 Å². The third-order valence-electron chi connectivity index (χ3n) is 10.2. The quantitative estimate of drug-likeness (QED) is 0.176. The Morgan fingerprint density at radius 1 is 0.308 bits per heavy atom. The molecule has 0 radical (unpaired) electrons. The summed E-state index contributed by atoms with van der Waals surface area (Å²) in [7, 11) is 0. The molecule has 0 atom stereocenters. The van der Waals surface area contributed by atoms with Crippen molar-refractivity contribution in [1.82, 2.24) is 0 Å². The Balaban J connectivity index is 1.15. The number of hydrogen-bond donors (Lipinski definition) is 0. The van der Waals surface area contributed by atoms with Crippen LogP contribution in [-0.2, 0) is 0 Å². The van der Waals surface area contributed by atoms with Crippen molar-refractivity contribution in [2.75, 3.05) is 4.90 Å². The van der Waals surface area contributed by atoms with Crippen LogP contribution in [0.4, 0.5) is 17.1 Å². The van der Waals surface area contributed by atoms with E-state index < -0.39 is 0 Å². The van der Waals surface area contributed by atoms with E-state index in [0.29, 0.717) is 0 Å². The lowest BCUT2D eigenvalue weighted by Gasteiger charge is -2.27. The largest absolute Gasteiger partial charge is 0.455 e. The zero-order chi connectivity index (χ0) is 34.4. The molecule has 1 heterocycles. The fourth-order valence-corrected chi connectivity index (χ4v) is 7.61. The van der Waals surface area contributed by atoms with Gasteiger partial charge >= 0.3 is 0 Å². The van der Waals surface area contributed by atoms with Crippen LogP contribution in [-0.4, -0.2) is 0 Å². The fraction of sp³-hybridized carbons (Fsp3) is 0. The van der Waals surface area contributed by atoms with E-state index in [0.717, 1.165) is 55.3 Å². The van der Waals surface area contributed by atoms with Crippen molar-refractivity contribution in [3.05, 3.63) is 200 Å². The Morgan fingerprint density at radius 2 is 0.808 bits per heavy atom. The van der Waals surface area contributed by atoms with Crippen molar-refractivity contribution in [2.45, 2.75) is 0 Å². The molecular formula is C50H33NO. The normalized spacial score (nSPS) is 11.5. The van der Waals surface area contributed by atoms with Gasteiger partial charge in [0.25, 0.3) is 0 Å². The van der Waals surface area contributed by atoms with E-state index >= 15 is 0 Å². The molecule has 0 amide bonds. The smallest absolute Gasteiger partial charge is 0.143 e. The Hall–Kier alpha value is -6.90. The first-order valence-electron chi connectivity index (χ1n) is 17.8. The van der Waals surface area contributed by atoms with Crippen molar-refractivity contribution < 1.29 is 4.42 Å². The first kappa shape index (κ1) is 30.0. The second-order valence-corrected chi connectivity index (χ2v) is 13.4. The summed E-state index contributed by atoms with van der Waals surface area (Å²) in [6.07, 6.45) is 0. The maximum absolute atomic E-state index is 6.77.